The van der Waals surface area contributed by atoms with Gasteiger partial charge in [0.1, 0.15) is 17.7 Å². The molecule has 2 N–H and O–H groups in total. The fourth-order valence-corrected chi connectivity index (χ4v) is 1.33. The van der Waals surface area contributed by atoms with Crippen molar-refractivity contribution < 1.29 is 9.72 Å². The molecule has 2 rings (SSSR count). The first-order chi connectivity index (χ1) is 8.58. The number of nitrogens with zero attached hydrogens (tertiary/aromatic N) is 4. The molecule has 2 aromatic rings. The van der Waals surface area contributed by atoms with Crippen LogP contribution in [0.3, 0.4) is 0 Å². The van der Waals surface area contributed by atoms with Crippen LogP contribution in [0, 0.1) is 10.1 Å². The Morgan fingerprint density at radius 3 is 2.89 bits per heavy atom. The number of hydrogen-bond donors (Lipinski definition) is 2. The second-order valence-electron chi connectivity index (χ2n) is 3.08. The van der Waals surface area contributed by atoms with Crippen LogP contribution in [0.5, 0.6) is 0 Å². The quantitative estimate of drug-likeness (QED) is 0.486. The third kappa shape index (κ3) is 2.40. The van der Waals surface area contributed by atoms with E-state index in [1.807, 2.05) is 0 Å². The summed E-state index contributed by atoms with van der Waals surface area (Å²) in [5.41, 5.74) is -0.454. The zero-order chi connectivity index (χ0) is 13.1. The molecule has 0 aliphatic rings. The lowest BCUT2D eigenvalue weighted by molar-refractivity contribution is -0.385. The van der Waals surface area contributed by atoms with Crippen molar-refractivity contribution in [1.82, 2.24) is 20.2 Å². The molecule has 0 radical (unpaired) electrons. The third-order valence-corrected chi connectivity index (χ3v) is 2.23. The summed E-state index contributed by atoms with van der Waals surface area (Å²) in [5, 5.41) is 18.7. The van der Waals surface area contributed by atoms with Crippen LogP contribution in [0.15, 0.2) is 18.6 Å². The van der Waals surface area contributed by atoms with Crippen molar-refractivity contribution >= 4 is 29.1 Å². The summed E-state index contributed by atoms with van der Waals surface area (Å²) in [7, 11) is 0. The van der Waals surface area contributed by atoms with Crippen LogP contribution in [-0.4, -0.2) is 31.0 Å². The summed E-state index contributed by atoms with van der Waals surface area (Å²) in [6, 6.07) is 1.03. The monoisotopic (exact) mass is 268 g/mol. The number of carbonyl (C=O) groups excluding carboxylic acids is 1. The number of aromatic amines is 1. The first-order valence-electron chi connectivity index (χ1n) is 4.54. The summed E-state index contributed by atoms with van der Waals surface area (Å²) in [6.45, 7) is 0. The largest absolute Gasteiger partial charge is 0.291 e. The Morgan fingerprint density at radius 2 is 2.28 bits per heavy atom. The van der Waals surface area contributed by atoms with E-state index in [9.17, 15) is 14.9 Å². The predicted octanol–water partition coefficient (Wildman–Crippen LogP) is 1.01. The highest BCUT2D eigenvalue weighted by atomic mass is 35.5. The average Bonchev–Trinajstić information content (AvgIpc) is 2.81. The Balaban J connectivity index is 2.29. The highest BCUT2D eigenvalue weighted by Crippen LogP contribution is 2.19. The number of pyridine rings is 1. The first-order valence-corrected chi connectivity index (χ1v) is 4.92. The lowest BCUT2D eigenvalue weighted by atomic mass is 10.2. The van der Waals surface area contributed by atoms with E-state index < -0.39 is 10.8 Å². The average molecular weight is 269 g/mol. The predicted molar refractivity (Wildman–Crippen MR) is 60.2 cm³/mol. The maximum absolute atomic E-state index is 11.8. The normalized spacial score (nSPS) is 10.1. The molecule has 0 fully saturated rings. The van der Waals surface area contributed by atoms with Crippen LogP contribution >= 0.6 is 11.6 Å². The third-order valence-electron chi connectivity index (χ3n) is 1.93. The van der Waals surface area contributed by atoms with Crippen LogP contribution in [-0.2, 0) is 0 Å². The molecule has 10 heteroatoms. The molecule has 0 unspecified atom stereocenters. The Kier molecular flexibility index (Phi) is 3.15. The molecule has 0 aromatic carbocycles. The molecule has 0 aliphatic heterocycles. The van der Waals surface area contributed by atoms with Crippen LogP contribution in [0.4, 0.5) is 11.6 Å². The zero-order valence-corrected chi connectivity index (χ0v) is 9.38. The molecule has 18 heavy (non-hydrogen) atoms. The molecule has 0 saturated heterocycles. The van der Waals surface area contributed by atoms with Gasteiger partial charge in [0.2, 0.25) is 5.95 Å². The highest BCUT2D eigenvalue weighted by Gasteiger charge is 2.17. The Morgan fingerprint density at radius 1 is 1.50 bits per heavy atom. The van der Waals surface area contributed by atoms with E-state index in [1.54, 1.807) is 0 Å². The number of aromatic nitrogens is 4. The van der Waals surface area contributed by atoms with Crippen molar-refractivity contribution in [2.45, 2.75) is 0 Å². The number of anilines is 1. The lowest BCUT2D eigenvalue weighted by Crippen LogP contribution is -2.14. The van der Waals surface area contributed by atoms with E-state index in [1.165, 1.54) is 6.33 Å². The number of H-pyrrole nitrogens is 1. The number of hydrogen-bond acceptors (Lipinski definition) is 6. The number of halogens is 1. The van der Waals surface area contributed by atoms with Gasteiger partial charge >= 0.3 is 0 Å². The number of rotatable bonds is 3. The minimum atomic E-state index is -0.673. The fourth-order valence-electron chi connectivity index (χ4n) is 1.14. The van der Waals surface area contributed by atoms with Gasteiger partial charge in [-0.2, -0.15) is 10.1 Å². The zero-order valence-electron chi connectivity index (χ0n) is 8.62. The van der Waals surface area contributed by atoms with Crippen molar-refractivity contribution in [2.75, 3.05) is 5.32 Å². The van der Waals surface area contributed by atoms with Crippen LogP contribution in [0.25, 0.3) is 0 Å². The smallest absolute Gasteiger partial charge is 0.288 e. The maximum atomic E-state index is 11.8. The minimum Gasteiger partial charge on any atom is -0.291 e. The lowest BCUT2D eigenvalue weighted by Gasteiger charge is -2.02. The molecule has 2 aromatic heterocycles. The minimum absolute atomic E-state index is 0.0996. The van der Waals surface area contributed by atoms with E-state index in [0.717, 1.165) is 12.3 Å². The van der Waals surface area contributed by atoms with Gasteiger partial charge in [-0.05, 0) is 0 Å². The van der Waals surface area contributed by atoms with Crippen LogP contribution in [0.1, 0.15) is 10.4 Å². The van der Waals surface area contributed by atoms with E-state index in [-0.39, 0.29) is 22.4 Å². The van der Waals surface area contributed by atoms with E-state index in [2.05, 4.69) is 25.5 Å². The van der Waals surface area contributed by atoms with E-state index in [4.69, 9.17) is 11.6 Å². The van der Waals surface area contributed by atoms with Gasteiger partial charge in [0.05, 0.1) is 10.5 Å². The Labute approximate surface area is 104 Å². The summed E-state index contributed by atoms with van der Waals surface area (Å²) in [4.78, 5) is 28.9. The van der Waals surface area contributed by atoms with E-state index >= 15 is 0 Å². The van der Waals surface area contributed by atoms with Crippen molar-refractivity contribution in [3.8, 4) is 0 Å². The van der Waals surface area contributed by atoms with Gasteiger partial charge < -0.3 is 0 Å². The second-order valence-corrected chi connectivity index (χ2v) is 3.44. The molecule has 0 spiro atoms. The molecule has 0 atom stereocenters. The van der Waals surface area contributed by atoms with Crippen molar-refractivity contribution in [3.05, 3.63) is 39.4 Å². The van der Waals surface area contributed by atoms with E-state index in [0.29, 0.717) is 0 Å². The number of nitro groups is 1. The van der Waals surface area contributed by atoms with Crippen molar-refractivity contribution in [2.24, 2.45) is 0 Å². The van der Waals surface area contributed by atoms with Gasteiger partial charge in [0, 0.05) is 6.07 Å². The molecular weight excluding hydrogens is 264 g/mol. The van der Waals surface area contributed by atoms with Crippen molar-refractivity contribution in [3.63, 3.8) is 0 Å². The fraction of sp³-hybridized carbons (Fsp3) is 0. The molecular formula is C8H5ClN6O3. The van der Waals surface area contributed by atoms with Crippen LogP contribution < -0.4 is 5.32 Å². The summed E-state index contributed by atoms with van der Waals surface area (Å²) >= 11 is 5.70. The van der Waals surface area contributed by atoms with Gasteiger partial charge in [0.25, 0.3) is 11.6 Å². The molecule has 92 valence electrons. The Hall–Kier alpha value is -2.55. The number of carbonyl (C=O) groups is 1. The molecule has 0 aliphatic carbocycles. The molecule has 1 amide bonds. The standard InChI is InChI=1S/C8H5ClN6O3/c9-6-5(1-4(2-10-6)15(17)18)7(16)13-8-11-3-12-14-8/h1-3H,(H2,11,12,13,14,16). The van der Waals surface area contributed by atoms with Gasteiger partial charge in [0.15, 0.2) is 0 Å². The van der Waals surface area contributed by atoms with Crippen molar-refractivity contribution in [1.29, 1.82) is 0 Å². The SMILES string of the molecule is O=C(Nc1ncn[nH]1)c1cc([N+](=O)[O-])cnc1Cl. The van der Waals surface area contributed by atoms with Gasteiger partial charge in [-0.3, -0.25) is 20.2 Å². The number of nitrogens with one attached hydrogen (secondary N) is 2. The summed E-state index contributed by atoms with van der Waals surface area (Å²) in [6.07, 6.45) is 2.16. The van der Waals surface area contributed by atoms with Gasteiger partial charge in [-0.25, -0.2) is 10.1 Å². The summed E-state index contributed by atoms with van der Waals surface area (Å²) < 4.78 is 0. The molecule has 9 nitrogen and oxygen atoms in total. The molecule has 0 saturated carbocycles. The Bertz CT molecular complexity index is 599. The van der Waals surface area contributed by atoms with Crippen LogP contribution in [0.2, 0.25) is 5.15 Å². The highest BCUT2D eigenvalue weighted by molar-refractivity contribution is 6.33. The second kappa shape index (κ2) is 4.75. The summed E-state index contributed by atoms with van der Waals surface area (Å²) in [5.74, 6) is -0.574. The topological polar surface area (TPSA) is 127 Å². The maximum Gasteiger partial charge on any atom is 0.288 e. The van der Waals surface area contributed by atoms with Gasteiger partial charge in [-0.1, -0.05) is 11.6 Å². The number of amides is 1. The molecule has 0 bridgehead atoms. The molecule has 2 heterocycles. The van der Waals surface area contributed by atoms with Gasteiger partial charge in [-0.15, -0.1) is 0 Å². The first kappa shape index (κ1) is 11.9.